The predicted octanol–water partition coefficient (Wildman–Crippen LogP) is 2.09. The molecule has 0 bridgehead atoms. The number of hydrogen-bond acceptors (Lipinski definition) is 3. The molecule has 2 aliphatic heterocycles. The normalized spacial score (nSPS) is 25.1. The zero-order valence-electron chi connectivity index (χ0n) is 11.4. The van der Waals surface area contributed by atoms with Crippen molar-refractivity contribution in [2.24, 2.45) is 0 Å². The van der Waals surface area contributed by atoms with Crippen molar-refractivity contribution in [3.63, 3.8) is 0 Å². The minimum atomic E-state index is -0.202. The van der Waals surface area contributed by atoms with Crippen LogP contribution in [0.25, 0.3) is 0 Å². The van der Waals surface area contributed by atoms with Gasteiger partial charge in [-0.15, -0.1) is 0 Å². The number of ether oxygens (including phenoxy) is 1. The molecule has 4 nitrogen and oxygen atoms in total. The molecule has 0 aliphatic carbocycles. The number of piperidine rings is 1. The molecule has 17 heavy (non-hydrogen) atoms. The Hall–Kier alpha value is -0.770. The summed E-state index contributed by atoms with van der Waals surface area (Å²) in [5.74, 6) is 0. The molecule has 2 heterocycles. The van der Waals surface area contributed by atoms with Crippen LogP contribution in [-0.4, -0.2) is 53.2 Å². The Morgan fingerprint density at radius 1 is 1.12 bits per heavy atom. The third-order valence-corrected chi connectivity index (χ3v) is 4.06. The van der Waals surface area contributed by atoms with Crippen LogP contribution in [0.15, 0.2) is 0 Å². The molecule has 0 radical (unpaired) electrons. The highest BCUT2D eigenvalue weighted by molar-refractivity contribution is 5.71. The number of likely N-dealkylation sites (tertiary alicyclic amines) is 1. The fraction of sp³-hybridized carbons (Fsp3) is 0.923. The molecule has 0 N–H and O–H groups in total. The van der Waals surface area contributed by atoms with Gasteiger partial charge in [0, 0.05) is 38.0 Å². The maximum absolute atomic E-state index is 11.8. The topological polar surface area (TPSA) is 32.8 Å². The molecule has 0 saturated carbocycles. The Kier molecular flexibility index (Phi) is 3.34. The van der Waals surface area contributed by atoms with E-state index < -0.39 is 0 Å². The van der Waals surface area contributed by atoms with Crippen LogP contribution in [-0.2, 0) is 4.74 Å². The molecule has 2 fully saturated rings. The van der Waals surface area contributed by atoms with E-state index in [1.165, 1.54) is 0 Å². The van der Waals surface area contributed by atoms with Crippen molar-refractivity contribution in [2.45, 2.75) is 58.2 Å². The molecule has 4 heteroatoms. The van der Waals surface area contributed by atoms with Gasteiger partial charge in [-0.3, -0.25) is 0 Å². The maximum Gasteiger partial charge on any atom is 0.410 e. The number of carbonyl (C=O) groups is 1. The highest BCUT2D eigenvalue weighted by Crippen LogP contribution is 2.34. The molecule has 1 amide bonds. The van der Waals surface area contributed by atoms with Crippen molar-refractivity contribution in [1.29, 1.82) is 0 Å². The molecule has 2 aliphatic rings. The molecule has 2 rings (SSSR count). The maximum atomic E-state index is 11.8. The first-order valence-corrected chi connectivity index (χ1v) is 6.67. The molecule has 0 aromatic heterocycles. The Labute approximate surface area is 104 Å². The third-order valence-electron chi connectivity index (χ3n) is 4.06. The minimum absolute atomic E-state index is 0.127. The van der Waals surface area contributed by atoms with Crippen LogP contribution in [0, 0.1) is 0 Å². The second-order valence-electron chi connectivity index (χ2n) is 5.90. The summed E-state index contributed by atoms with van der Waals surface area (Å²) < 4.78 is 5.65. The lowest BCUT2D eigenvalue weighted by Crippen LogP contribution is -2.49. The van der Waals surface area contributed by atoms with Gasteiger partial charge in [0.2, 0.25) is 0 Å². The second kappa shape index (κ2) is 4.48. The smallest absolute Gasteiger partial charge is 0.410 e. The number of amides is 1. The van der Waals surface area contributed by atoms with Gasteiger partial charge in [-0.2, -0.15) is 0 Å². The van der Waals surface area contributed by atoms with E-state index in [-0.39, 0.29) is 17.7 Å². The monoisotopic (exact) mass is 240 g/mol. The van der Waals surface area contributed by atoms with Crippen LogP contribution in [0.2, 0.25) is 0 Å². The van der Waals surface area contributed by atoms with E-state index in [1.54, 1.807) is 0 Å². The quantitative estimate of drug-likeness (QED) is 0.741. The van der Waals surface area contributed by atoms with Crippen molar-refractivity contribution in [3.05, 3.63) is 0 Å². The molecule has 0 aromatic rings. The van der Waals surface area contributed by atoms with E-state index in [4.69, 9.17) is 4.74 Å². The molecule has 2 saturated heterocycles. The predicted molar refractivity (Wildman–Crippen MR) is 67.0 cm³/mol. The molecule has 0 unspecified atom stereocenters. The summed E-state index contributed by atoms with van der Waals surface area (Å²) in [6.45, 7) is 11.4. The van der Waals surface area contributed by atoms with Gasteiger partial charge in [-0.05, 0) is 27.7 Å². The van der Waals surface area contributed by atoms with Crippen LogP contribution in [0.4, 0.5) is 4.79 Å². The van der Waals surface area contributed by atoms with Gasteiger partial charge < -0.3 is 14.5 Å². The van der Waals surface area contributed by atoms with Crippen LogP contribution < -0.4 is 0 Å². The summed E-state index contributed by atoms with van der Waals surface area (Å²) in [7, 11) is 0. The first kappa shape index (κ1) is 12.7. The van der Waals surface area contributed by atoms with Crippen molar-refractivity contribution in [3.8, 4) is 0 Å². The van der Waals surface area contributed by atoms with Crippen molar-refractivity contribution in [2.75, 3.05) is 19.6 Å². The lowest BCUT2D eigenvalue weighted by Gasteiger charge is -2.39. The van der Waals surface area contributed by atoms with E-state index >= 15 is 0 Å². The van der Waals surface area contributed by atoms with Crippen LogP contribution >= 0.6 is 0 Å². The first-order valence-electron chi connectivity index (χ1n) is 6.67. The lowest BCUT2D eigenvalue weighted by molar-refractivity contribution is -0.00643. The summed E-state index contributed by atoms with van der Waals surface area (Å²) >= 11 is 0. The second-order valence-corrected chi connectivity index (χ2v) is 5.90. The summed E-state index contributed by atoms with van der Waals surface area (Å²) in [5.41, 5.74) is -0.202. The number of carbonyl (C=O) groups excluding carboxylic acids is 1. The molecule has 1 spiro atoms. The van der Waals surface area contributed by atoms with Gasteiger partial charge >= 0.3 is 6.09 Å². The fourth-order valence-corrected chi connectivity index (χ4v) is 2.75. The Morgan fingerprint density at radius 2 is 1.71 bits per heavy atom. The van der Waals surface area contributed by atoms with Gasteiger partial charge in [0.25, 0.3) is 0 Å². The molecule has 98 valence electrons. The number of nitrogens with zero attached hydrogens (tertiary/aromatic N) is 2. The zero-order valence-corrected chi connectivity index (χ0v) is 11.4. The number of rotatable bonds is 2. The van der Waals surface area contributed by atoms with Gasteiger partial charge in [0.15, 0.2) is 0 Å². The summed E-state index contributed by atoms with van der Waals surface area (Å²) in [6, 6.07) is 0.829. The van der Waals surface area contributed by atoms with E-state index in [9.17, 15) is 4.79 Å². The van der Waals surface area contributed by atoms with Gasteiger partial charge in [-0.1, -0.05) is 0 Å². The van der Waals surface area contributed by atoms with E-state index in [0.717, 1.165) is 32.5 Å². The van der Waals surface area contributed by atoms with Gasteiger partial charge in [-0.25, -0.2) is 4.79 Å². The zero-order chi connectivity index (χ0) is 12.6. The number of hydrogen-bond donors (Lipinski definition) is 0. The average Bonchev–Trinajstić information content (AvgIpc) is 2.56. The molecule has 0 atom stereocenters. The van der Waals surface area contributed by atoms with E-state index in [2.05, 4.69) is 18.7 Å². The van der Waals surface area contributed by atoms with Crippen molar-refractivity contribution >= 4 is 6.09 Å². The fourth-order valence-electron chi connectivity index (χ4n) is 2.75. The Bertz CT molecular complexity index is 294. The highest BCUT2D eigenvalue weighted by atomic mass is 16.6. The van der Waals surface area contributed by atoms with Crippen LogP contribution in [0.1, 0.15) is 40.5 Å². The molecular formula is C13H24N2O2. The molecular weight excluding hydrogens is 216 g/mol. The standard InChI is InChI=1S/C13H24N2O2/c1-10(2)14-7-5-13(6-8-14)9-15(11(3)4)12(16)17-13/h10-11H,5-9H2,1-4H3. The summed E-state index contributed by atoms with van der Waals surface area (Å²) in [6.07, 6.45) is 1.82. The van der Waals surface area contributed by atoms with E-state index in [0.29, 0.717) is 6.04 Å². The van der Waals surface area contributed by atoms with Crippen molar-refractivity contribution in [1.82, 2.24) is 9.80 Å². The Balaban J connectivity index is 1.98. The largest absolute Gasteiger partial charge is 0.441 e. The lowest BCUT2D eigenvalue weighted by atomic mass is 9.90. The third kappa shape index (κ3) is 2.41. The SMILES string of the molecule is CC(C)N1CCC2(CC1)CN(C(C)C)C(=O)O2. The average molecular weight is 240 g/mol. The van der Waals surface area contributed by atoms with Crippen LogP contribution in [0.5, 0.6) is 0 Å². The molecule has 0 aromatic carbocycles. The van der Waals surface area contributed by atoms with Crippen LogP contribution in [0.3, 0.4) is 0 Å². The van der Waals surface area contributed by atoms with Gasteiger partial charge in [0.05, 0.1) is 6.54 Å². The highest BCUT2D eigenvalue weighted by Gasteiger charge is 2.47. The minimum Gasteiger partial charge on any atom is -0.441 e. The summed E-state index contributed by atoms with van der Waals surface area (Å²) in [4.78, 5) is 16.1. The van der Waals surface area contributed by atoms with Gasteiger partial charge in [0.1, 0.15) is 5.60 Å². The van der Waals surface area contributed by atoms with Crippen molar-refractivity contribution < 1.29 is 9.53 Å². The first-order chi connectivity index (χ1) is 7.93. The Morgan fingerprint density at radius 3 is 2.12 bits per heavy atom. The summed E-state index contributed by atoms with van der Waals surface area (Å²) in [5, 5.41) is 0. The van der Waals surface area contributed by atoms with E-state index in [1.807, 2.05) is 18.7 Å².